The van der Waals surface area contributed by atoms with Gasteiger partial charge in [0.2, 0.25) is 17.7 Å². The van der Waals surface area contributed by atoms with Crippen molar-refractivity contribution >= 4 is 23.7 Å². The van der Waals surface area contributed by atoms with Crippen LogP contribution in [-0.2, 0) is 51.2 Å². The highest BCUT2D eigenvalue weighted by Crippen LogP contribution is 2.09. The SMILES string of the molecule is O=C(CN1CCOCC1)N[C@@H](COC(F)F)C(=O)N[C@@H](COC(F)F)C(=O)N[C@@H](Cc1ccccc1)C(=O)OCc1ccccc1. The van der Waals surface area contributed by atoms with Gasteiger partial charge in [0.15, 0.2) is 0 Å². The molecule has 12 nitrogen and oxygen atoms in total. The normalized spacial score (nSPS) is 15.5. The van der Waals surface area contributed by atoms with Crippen molar-refractivity contribution < 1.29 is 55.7 Å². The number of nitrogens with one attached hydrogen (secondary N) is 3. The molecule has 252 valence electrons. The number of rotatable bonds is 18. The van der Waals surface area contributed by atoms with Gasteiger partial charge >= 0.3 is 19.2 Å². The monoisotopic (exact) mass is 656 g/mol. The largest absolute Gasteiger partial charge is 0.459 e. The van der Waals surface area contributed by atoms with Crippen LogP contribution in [0.25, 0.3) is 0 Å². The second kappa shape index (κ2) is 19.4. The van der Waals surface area contributed by atoms with E-state index >= 15 is 0 Å². The topological polar surface area (TPSA) is 145 Å². The number of carbonyl (C=O) groups is 4. The van der Waals surface area contributed by atoms with E-state index in [4.69, 9.17) is 9.47 Å². The van der Waals surface area contributed by atoms with Gasteiger partial charge in [0.25, 0.3) is 0 Å². The molecule has 2 aromatic rings. The number of halogens is 4. The zero-order valence-electron chi connectivity index (χ0n) is 24.7. The molecular formula is C30H36F4N4O8. The molecule has 0 unspecified atom stereocenters. The highest BCUT2D eigenvalue weighted by Gasteiger charge is 2.32. The predicted octanol–water partition coefficient (Wildman–Crippen LogP) is 1.24. The molecule has 3 atom stereocenters. The molecule has 3 N–H and O–H groups in total. The number of ether oxygens (including phenoxy) is 4. The number of nitrogens with zero attached hydrogens (tertiary/aromatic N) is 1. The van der Waals surface area contributed by atoms with Crippen LogP contribution in [0.1, 0.15) is 11.1 Å². The first-order chi connectivity index (χ1) is 22.1. The average Bonchev–Trinajstić information content (AvgIpc) is 3.04. The lowest BCUT2D eigenvalue weighted by molar-refractivity contribution is -0.155. The van der Waals surface area contributed by atoms with E-state index in [0.29, 0.717) is 37.4 Å². The maximum absolute atomic E-state index is 13.3. The molecule has 3 rings (SSSR count). The predicted molar refractivity (Wildman–Crippen MR) is 153 cm³/mol. The highest BCUT2D eigenvalue weighted by molar-refractivity contribution is 5.94. The smallest absolute Gasteiger partial charge is 0.345 e. The fraction of sp³-hybridized carbons (Fsp3) is 0.467. The Bertz CT molecular complexity index is 1240. The number of benzene rings is 2. The Morgan fingerprint density at radius 2 is 1.22 bits per heavy atom. The van der Waals surface area contributed by atoms with E-state index in [9.17, 15) is 36.7 Å². The van der Waals surface area contributed by atoms with Crippen molar-refractivity contribution in [3.63, 3.8) is 0 Å². The number of hydrogen-bond donors (Lipinski definition) is 3. The molecule has 3 amide bonds. The molecule has 0 aromatic heterocycles. The summed E-state index contributed by atoms with van der Waals surface area (Å²) in [5, 5.41) is 6.81. The minimum atomic E-state index is -3.34. The van der Waals surface area contributed by atoms with Gasteiger partial charge in [0.05, 0.1) is 33.0 Å². The molecule has 0 radical (unpaired) electrons. The van der Waals surface area contributed by atoms with E-state index in [0.717, 1.165) is 0 Å². The maximum atomic E-state index is 13.3. The van der Waals surface area contributed by atoms with Crippen LogP contribution in [0.4, 0.5) is 17.6 Å². The van der Waals surface area contributed by atoms with Crippen LogP contribution in [0.5, 0.6) is 0 Å². The molecule has 1 aliphatic heterocycles. The third-order valence-electron chi connectivity index (χ3n) is 6.64. The van der Waals surface area contributed by atoms with Gasteiger partial charge in [-0.05, 0) is 11.1 Å². The van der Waals surface area contributed by atoms with Crippen LogP contribution in [0.3, 0.4) is 0 Å². The summed E-state index contributed by atoms with van der Waals surface area (Å²) >= 11 is 0. The highest BCUT2D eigenvalue weighted by atomic mass is 19.3. The molecule has 0 bridgehead atoms. The summed E-state index contributed by atoms with van der Waals surface area (Å²) in [4.78, 5) is 53.8. The lowest BCUT2D eigenvalue weighted by atomic mass is 10.1. The molecule has 1 aliphatic rings. The molecule has 1 heterocycles. The van der Waals surface area contributed by atoms with Gasteiger partial charge in [-0.15, -0.1) is 0 Å². The molecule has 0 aliphatic carbocycles. The summed E-state index contributed by atoms with van der Waals surface area (Å²) in [7, 11) is 0. The van der Waals surface area contributed by atoms with Gasteiger partial charge in [0.1, 0.15) is 24.7 Å². The summed E-state index contributed by atoms with van der Waals surface area (Å²) in [6, 6.07) is 12.3. The van der Waals surface area contributed by atoms with Crippen LogP contribution in [0.15, 0.2) is 60.7 Å². The van der Waals surface area contributed by atoms with E-state index in [1.54, 1.807) is 65.6 Å². The van der Waals surface area contributed by atoms with Gasteiger partial charge in [-0.25, -0.2) is 4.79 Å². The van der Waals surface area contributed by atoms with E-state index < -0.39 is 68.3 Å². The Balaban J connectivity index is 1.73. The quantitative estimate of drug-likeness (QED) is 0.160. The van der Waals surface area contributed by atoms with E-state index in [1.807, 2.05) is 0 Å². The average molecular weight is 657 g/mol. The van der Waals surface area contributed by atoms with Crippen molar-refractivity contribution in [3.05, 3.63) is 71.8 Å². The van der Waals surface area contributed by atoms with Crippen molar-refractivity contribution in [2.45, 2.75) is 44.4 Å². The van der Waals surface area contributed by atoms with E-state index in [2.05, 4.69) is 25.4 Å². The summed E-state index contributed by atoms with van der Waals surface area (Å²) in [5.41, 5.74) is 1.30. The van der Waals surface area contributed by atoms with Gasteiger partial charge in [0, 0.05) is 19.5 Å². The standard InChI is InChI=1S/C30H36F4N4O8/c31-29(32)45-18-23(35-25(39)16-38-11-13-43-14-12-38)26(40)37-24(19-46-30(33)34)27(41)36-22(15-20-7-3-1-4-8-20)28(42)44-17-21-9-5-2-6-10-21/h1-10,22-24,29-30H,11-19H2,(H,35,39)(H,36,41)(H,37,40)/t22-,23-,24-/m0/s1. The number of amides is 3. The first-order valence-electron chi connectivity index (χ1n) is 14.3. The van der Waals surface area contributed by atoms with Crippen molar-refractivity contribution in [1.29, 1.82) is 0 Å². The Morgan fingerprint density at radius 1 is 0.717 bits per heavy atom. The van der Waals surface area contributed by atoms with E-state index in [1.165, 1.54) is 0 Å². The number of alkyl halides is 4. The lowest BCUT2D eigenvalue weighted by Crippen LogP contribution is -2.59. The van der Waals surface area contributed by atoms with Crippen molar-refractivity contribution in [2.24, 2.45) is 0 Å². The minimum absolute atomic E-state index is 0.0565. The molecule has 1 saturated heterocycles. The number of esters is 1. The number of hydrogen-bond acceptors (Lipinski definition) is 9. The third-order valence-corrected chi connectivity index (χ3v) is 6.64. The van der Waals surface area contributed by atoms with Gasteiger partial charge in [-0.3, -0.25) is 19.3 Å². The Hall–Kier alpha value is -4.12. The van der Waals surface area contributed by atoms with Crippen LogP contribution in [0, 0.1) is 0 Å². The number of morpholine rings is 1. The van der Waals surface area contributed by atoms with Crippen molar-refractivity contribution in [1.82, 2.24) is 20.9 Å². The second-order valence-corrected chi connectivity index (χ2v) is 10.1. The lowest BCUT2D eigenvalue weighted by Gasteiger charge is -2.27. The Kier molecular flexibility index (Phi) is 15.3. The molecule has 0 spiro atoms. The number of carbonyl (C=O) groups excluding carboxylic acids is 4. The zero-order chi connectivity index (χ0) is 33.3. The van der Waals surface area contributed by atoms with Crippen LogP contribution in [-0.4, -0.2) is 106 Å². The van der Waals surface area contributed by atoms with Gasteiger partial charge in [-0.1, -0.05) is 60.7 Å². The fourth-order valence-electron chi connectivity index (χ4n) is 4.32. The zero-order valence-corrected chi connectivity index (χ0v) is 24.7. The minimum Gasteiger partial charge on any atom is -0.459 e. The van der Waals surface area contributed by atoms with Crippen LogP contribution in [0.2, 0.25) is 0 Å². The first-order valence-corrected chi connectivity index (χ1v) is 14.3. The second-order valence-electron chi connectivity index (χ2n) is 10.1. The summed E-state index contributed by atoms with van der Waals surface area (Å²) in [6.45, 7) is -7.41. The van der Waals surface area contributed by atoms with E-state index in [-0.39, 0.29) is 19.6 Å². The Labute approximate surface area is 262 Å². The van der Waals surface area contributed by atoms with Crippen LogP contribution >= 0.6 is 0 Å². The summed E-state index contributed by atoms with van der Waals surface area (Å²) in [5.74, 6) is -3.87. The van der Waals surface area contributed by atoms with Gasteiger partial charge in [-0.2, -0.15) is 17.6 Å². The Morgan fingerprint density at radius 3 is 1.76 bits per heavy atom. The molecule has 46 heavy (non-hydrogen) atoms. The summed E-state index contributed by atoms with van der Waals surface area (Å²) < 4.78 is 70.7. The molecule has 0 saturated carbocycles. The maximum Gasteiger partial charge on any atom is 0.345 e. The summed E-state index contributed by atoms with van der Waals surface area (Å²) in [6.07, 6.45) is -0.0565. The molecule has 16 heteroatoms. The van der Waals surface area contributed by atoms with Crippen LogP contribution < -0.4 is 16.0 Å². The first kappa shape index (κ1) is 36.3. The fourth-order valence-corrected chi connectivity index (χ4v) is 4.32. The van der Waals surface area contributed by atoms with Crippen molar-refractivity contribution in [2.75, 3.05) is 46.1 Å². The molecule has 2 aromatic carbocycles. The van der Waals surface area contributed by atoms with Crippen molar-refractivity contribution in [3.8, 4) is 0 Å². The third kappa shape index (κ3) is 13.5. The molecule has 1 fully saturated rings. The van der Waals surface area contributed by atoms with Gasteiger partial charge < -0.3 is 34.9 Å². The molecular weight excluding hydrogens is 620 g/mol.